The highest BCUT2D eigenvalue weighted by Crippen LogP contribution is 1.98. The fourth-order valence-electron chi connectivity index (χ4n) is 0.167. The molecule has 0 saturated carbocycles. The molecule has 1 unspecified atom stereocenters. The van der Waals surface area contributed by atoms with Crippen LogP contribution in [0.1, 0.15) is 34.1 Å². The van der Waals surface area contributed by atoms with Crippen LogP contribution in [0.25, 0.3) is 0 Å². The van der Waals surface area contributed by atoms with Crippen molar-refractivity contribution in [3.63, 3.8) is 0 Å². The molecule has 0 fully saturated rings. The zero-order chi connectivity index (χ0) is 12.1. The van der Waals surface area contributed by atoms with Crippen LogP contribution in [0.2, 0.25) is 0 Å². The monoisotopic (exact) mass is 204 g/mol. The molecule has 14 heavy (non-hydrogen) atoms. The van der Waals surface area contributed by atoms with Crippen LogP contribution in [-0.4, -0.2) is 22.2 Å². The van der Waals surface area contributed by atoms with Gasteiger partial charge in [-0.1, -0.05) is 26.3 Å². The first kappa shape index (κ1) is 18.5. The Bertz CT molecular complexity index is 144. The Morgan fingerprint density at radius 2 is 1.50 bits per heavy atom. The van der Waals surface area contributed by atoms with E-state index in [1.165, 1.54) is 6.42 Å². The van der Waals surface area contributed by atoms with Gasteiger partial charge in [-0.05, 0) is 5.92 Å². The Morgan fingerprint density at radius 3 is 1.50 bits per heavy atom. The molecule has 0 aromatic carbocycles. The van der Waals surface area contributed by atoms with Gasteiger partial charge in [-0.25, -0.2) is 0 Å². The van der Waals surface area contributed by atoms with Gasteiger partial charge in [-0.2, -0.15) is 0 Å². The van der Waals surface area contributed by atoms with Crippen molar-refractivity contribution in [1.82, 2.24) is 0 Å². The molecule has 0 aromatic rings. The van der Waals surface area contributed by atoms with E-state index in [-0.39, 0.29) is 0 Å². The molecule has 0 aromatic heterocycles. The number of rotatable bonds is 2. The molecule has 0 aliphatic carbocycles. The van der Waals surface area contributed by atoms with Gasteiger partial charge in [0.25, 0.3) is 11.9 Å². The normalized spacial score (nSPS) is 9.43. The predicted octanol–water partition coefficient (Wildman–Crippen LogP) is 2.40. The minimum absolute atomic E-state index is 0.699. The average molecular weight is 204 g/mol. The van der Waals surface area contributed by atoms with E-state index in [1.54, 1.807) is 0 Å². The van der Waals surface area contributed by atoms with Crippen molar-refractivity contribution >= 4 is 11.9 Å². The Balaban J connectivity index is -0.000000135. The third-order valence-corrected chi connectivity index (χ3v) is 1.05. The van der Waals surface area contributed by atoms with Crippen LogP contribution in [0.15, 0.2) is 12.7 Å². The number of hydrogen-bond acceptors (Lipinski definition) is 2. The molecule has 4 nitrogen and oxygen atoms in total. The van der Waals surface area contributed by atoms with Crippen LogP contribution in [0.5, 0.6) is 0 Å². The zero-order valence-corrected chi connectivity index (χ0v) is 9.28. The maximum Gasteiger partial charge on any atom is 0.300 e. The van der Waals surface area contributed by atoms with Crippen molar-refractivity contribution in [2.75, 3.05) is 0 Å². The maximum absolute atomic E-state index is 9.00. The molecule has 2 N–H and O–H groups in total. The Hall–Kier alpha value is -1.32. The molecule has 84 valence electrons. The lowest BCUT2D eigenvalue weighted by Crippen LogP contribution is -1.80. The Morgan fingerprint density at radius 1 is 1.29 bits per heavy atom. The van der Waals surface area contributed by atoms with Gasteiger partial charge in [0.1, 0.15) is 0 Å². The van der Waals surface area contributed by atoms with Gasteiger partial charge in [0.15, 0.2) is 0 Å². The van der Waals surface area contributed by atoms with E-state index in [2.05, 4.69) is 20.4 Å². The molecule has 4 heteroatoms. The highest BCUT2D eigenvalue weighted by molar-refractivity contribution is 5.63. The number of hydrogen-bond donors (Lipinski definition) is 2. The summed E-state index contributed by atoms with van der Waals surface area (Å²) < 4.78 is 0. The van der Waals surface area contributed by atoms with E-state index < -0.39 is 11.9 Å². The molecule has 0 rings (SSSR count). The van der Waals surface area contributed by atoms with E-state index in [0.29, 0.717) is 5.92 Å². The van der Waals surface area contributed by atoms with Crippen LogP contribution >= 0.6 is 0 Å². The second-order valence-corrected chi connectivity index (χ2v) is 2.66. The van der Waals surface area contributed by atoms with E-state index in [0.717, 1.165) is 13.8 Å². The largest absolute Gasteiger partial charge is 0.481 e. The number of carboxylic acid groups (broad SMARTS) is 2. The highest BCUT2D eigenvalue weighted by Gasteiger charge is 1.84. The van der Waals surface area contributed by atoms with Gasteiger partial charge >= 0.3 is 0 Å². The van der Waals surface area contributed by atoms with Crippen molar-refractivity contribution in [3.8, 4) is 0 Å². The second-order valence-electron chi connectivity index (χ2n) is 2.66. The number of carbonyl (C=O) groups is 2. The summed E-state index contributed by atoms with van der Waals surface area (Å²) in [6, 6.07) is 0. The minimum Gasteiger partial charge on any atom is -0.481 e. The van der Waals surface area contributed by atoms with Crippen molar-refractivity contribution in [2.45, 2.75) is 34.1 Å². The van der Waals surface area contributed by atoms with Crippen LogP contribution in [-0.2, 0) is 9.59 Å². The first-order chi connectivity index (χ1) is 6.27. The summed E-state index contributed by atoms with van der Waals surface area (Å²) in [5.74, 6) is -0.968. The van der Waals surface area contributed by atoms with Crippen molar-refractivity contribution in [3.05, 3.63) is 12.7 Å². The van der Waals surface area contributed by atoms with Gasteiger partial charge < -0.3 is 10.2 Å². The fourth-order valence-corrected chi connectivity index (χ4v) is 0.167. The SMILES string of the molecule is C=CC(C)CC.CC(=O)O.CC(=O)O. The number of allylic oxidation sites excluding steroid dienone is 1. The van der Waals surface area contributed by atoms with E-state index in [9.17, 15) is 0 Å². The van der Waals surface area contributed by atoms with Crippen LogP contribution in [0, 0.1) is 5.92 Å². The lowest BCUT2D eigenvalue weighted by Gasteiger charge is -1.93. The molecule has 0 heterocycles. The smallest absolute Gasteiger partial charge is 0.300 e. The molecule has 0 radical (unpaired) electrons. The lowest BCUT2D eigenvalue weighted by atomic mass is 10.1. The maximum atomic E-state index is 9.00. The third-order valence-electron chi connectivity index (χ3n) is 1.05. The number of aliphatic carboxylic acids is 2. The molecule has 0 saturated heterocycles. The van der Waals surface area contributed by atoms with Crippen LogP contribution in [0.4, 0.5) is 0 Å². The molecule has 0 spiro atoms. The fraction of sp³-hybridized carbons (Fsp3) is 0.600. The summed E-state index contributed by atoms with van der Waals surface area (Å²) in [7, 11) is 0. The van der Waals surface area contributed by atoms with E-state index in [1.807, 2.05) is 6.08 Å². The second kappa shape index (κ2) is 14.2. The van der Waals surface area contributed by atoms with Crippen LogP contribution < -0.4 is 0 Å². The Labute approximate surface area is 85.3 Å². The summed E-state index contributed by atoms with van der Waals surface area (Å²) in [5, 5.41) is 14.8. The zero-order valence-electron chi connectivity index (χ0n) is 9.28. The van der Waals surface area contributed by atoms with Gasteiger partial charge in [-0.3, -0.25) is 9.59 Å². The van der Waals surface area contributed by atoms with E-state index in [4.69, 9.17) is 19.8 Å². The Kier molecular flexibility index (Phi) is 18.7. The van der Waals surface area contributed by atoms with Crippen molar-refractivity contribution in [2.24, 2.45) is 5.92 Å². The molecule has 0 amide bonds. The summed E-state index contributed by atoms with van der Waals surface area (Å²) in [6.45, 7) is 10.1. The molecule has 0 bridgehead atoms. The summed E-state index contributed by atoms with van der Waals surface area (Å²) >= 11 is 0. The summed E-state index contributed by atoms with van der Waals surface area (Å²) in [4.78, 5) is 18.0. The average Bonchev–Trinajstić information content (AvgIpc) is 2.01. The molecule has 0 aliphatic rings. The third kappa shape index (κ3) is 139. The topological polar surface area (TPSA) is 74.6 Å². The van der Waals surface area contributed by atoms with Gasteiger partial charge in [0, 0.05) is 13.8 Å². The van der Waals surface area contributed by atoms with Gasteiger partial charge in [-0.15, -0.1) is 6.58 Å². The first-order valence-electron chi connectivity index (χ1n) is 4.29. The molecule has 1 atom stereocenters. The van der Waals surface area contributed by atoms with Gasteiger partial charge in [0.05, 0.1) is 0 Å². The summed E-state index contributed by atoms with van der Waals surface area (Å²) in [6.07, 6.45) is 3.18. The van der Waals surface area contributed by atoms with Gasteiger partial charge in [0.2, 0.25) is 0 Å². The van der Waals surface area contributed by atoms with Crippen LogP contribution in [0.3, 0.4) is 0 Å². The van der Waals surface area contributed by atoms with E-state index >= 15 is 0 Å². The van der Waals surface area contributed by atoms with Crippen molar-refractivity contribution in [1.29, 1.82) is 0 Å². The van der Waals surface area contributed by atoms with Crippen molar-refractivity contribution < 1.29 is 19.8 Å². The number of carboxylic acids is 2. The first-order valence-corrected chi connectivity index (χ1v) is 4.29. The predicted molar refractivity (Wildman–Crippen MR) is 56.3 cm³/mol. The lowest BCUT2D eigenvalue weighted by molar-refractivity contribution is -0.135. The standard InChI is InChI=1S/C6H12.2C2H4O2/c1-4-6(3)5-2;2*1-2(3)4/h4,6H,1,5H2,2-3H3;2*1H3,(H,3,4). The minimum atomic E-state index is -0.833. The quantitative estimate of drug-likeness (QED) is 0.677. The molecular formula is C10H20O4. The molecule has 0 aliphatic heterocycles. The summed E-state index contributed by atoms with van der Waals surface area (Å²) in [5.41, 5.74) is 0. The highest BCUT2D eigenvalue weighted by atomic mass is 16.4. The molecular weight excluding hydrogens is 184 g/mol.